The minimum Gasteiger partial charge on any atom is -0.493 e. The van der Waals surface area contributed by atoms with Crippen molar-refractivity contribution in [1.29, 1.82) is 0 Å². The Bertz CT molecular complexity index is 1540. The molecule has 1 amide bonds. The monoisotopic (exact) mass is 525 g/mol. The summed E-state index contributed by atoms with van der Waals surface area (Å²) in [5.41, 5.74) is 5.46. The molecule has 8 heteroatoms. The first kappa shape index (κ1) is 26.0. The Morgan fingerprint density at radius 2 is 1.90 bits per heavy atom. The molecule has 0 saturated heterocycles. The van der Waals surface area contributed by atoms with Gasteiger partial charge in [-0.15, -0.1) is 0 Å². The summed E-state index contributed by atoms with van der Waals surface area (Å²) in [6.45, 7) is 4.99. The first-order valence-corrected chi connectivity index (χ1v) is 13.1. The van der Waals surface area contributed by atoms with Crippen LogP contribution in [0.1, 0.15) is 35.7 Å². The number of amides is 1. The molecule has 0 spiro atoms. The van der Waals surface area contributed by atoms with E-state index in [4.69, 9.17) is 9.47 Å². The molecular weight excluding hydrogens is 494 g/mol. The molecule has 1 aliphatic rings. The molecular formula is C31H31N3O5. The average molecular weight is 526 g/mol. The number of hydrogen-bond acceptors (Lipinski definition) is 5. The average Bonchev–Trinajstić information content (AvgIpc) is 3.35. The largest absolute Gasteiger partial charge is 0.493 e. The van der Waals surface area contributed by atoms with Gasteiger partial charge in [0.1, 0.15) is 11.6 Å². The Labute approximate surface area is 227 Å². The van der Waals surface area contributed by atoms with E-state index < -0.39 is 12.1 Å². The molecule has 0 unspecified atom stereocenters. The van der Waals surface area contributed by atoms with Crippen LogP contribution in [0.3, 0.4) is 0 Å². The van der Waals surface area contributed by atoms with Crippen LogP contribution >= 0.6 is 0 Å². The Morgan fingerprint density at radius 3 is 2.67 bits per heavy atom. The number of ether oxygens (including phenoxy) is 2. The van der Waals surface area contributed by atoms with Crippen LogP contribution in [-0.4, -0.2) is 46.5 Å². The third-order valence-corrected chi connectivity index (χ3v) is 6.76. The number of anilines is 1. The van der Waals surface area contributed by atoms with Crippen LogP contribution in [0.4, 0.5) is 10.6 Å². The molecule has 1 aliphatic heterocycles. The van der Waals surface area contributed by atoms with Gasteiger partial charge in [0, 0.05) is 36.3 Å². The number of carbonyl (C=O) groups excluding carboxylic acids is 1. The van der Waals surface area contributed by atoms with Crippen molar-refractivity contribution in [1.82, 2.24) is 9.55 Å². The van der Waals surface area contributed by atoms with Gasteiger partial charge in [-0.05, 0) is 68.1 Å². The van der Waals surface area contributed by atoms with Gasteiger partial charge < -0.3 is 19.1 Å². The number of aromatic nitrogens is 2. The van der Waals surface area contributed by atoms with E-state index in [1.165, 1.54) is 11.0 Å². The fourth-order valence-corrected chi connectivity index (χ4v) is 4.81. The standard InChI is InChI=1S/C31H31N3O5/c1-3-38-29(35)20-28(22-8-6-21(2)7-9-22)33-17-14-24-19-26(12-13-27(24)33)39-18-15-25-11-10-23-5-4-16-34(31(36)37)30(23)32-25/h6-14,17,19-20H,3-5,15-16,18H2,1-2H3,(H,36,37)/b28-20+. The van der Waals surface area contributed by atoms with Crippen LogP contribution in [-0.2, 0) is 22.4 Å². The van der Waals surface area contributed by atoms with Crippen molar-refractivity contribution < 1.29 is 24.2 Å². The number of carbonyl (C=O) groups is 2. The van der Waals surface area contributed by atoms with Crippen LogP contribution in [0.25, 0.3) is 16.6 Å². The summed E-state index contributed by atoms with van der Waals surface area (Å²) in [5.74, 6) is 0.864. The molecule has 0 saturated carbocycles. The Kier molecular flexibility index (Phi) is 7.63. The highest BCUT2D eigenvalue weighted by molar-refractivity contribution is 5.95. The molecule has 2 aromatic carbocycles. The Hall–Kier alpha value is -4.59. The van der Waals surface area contributed by atoms with Crippen molar-refractivity contribution in [2.45, 2.75) is 33.1 Å². The van der Waals surface area contributed by atoms with E-state index in [0.717, 1.165) is 57.6 Å². The maximum atomic E-state index is 12.4. The molecule has 4 aromatic rings. The van der Waals surface area contributed by atoms with Crippen LogP contribution in [0.5, 0.6) is 5.75 Å². The lowest BCUT2D eigenvalue weighted by molar-refractivity contribution is -0.137. The molecule has 200 valence electrons. The molecule has 3 heterocycles. The van der Waals surface area contributed by atoms with E-state index in [9.17, 15) is 14.7 Å². The van der Waals surface area contributed by atoms with Crippen molar-refractivity contribution in [2.24, 2.45) is 0 Å². The third kappa shape index (κ3) is 5.80. The second kappa shape index (κ2) is 11.4. The summed E-state index contributed by atoms with van der Waals surface area (Å²) in [4.78, 5) is 29.9. The van der Waals surface area contributed by atoms with Crippen molar-refractivity contribution >= 4 is 34.5 Å². The molecule has 8 nitrogen and oxygen atoms in total. The topological polar surface area (TPSA) is 93.9 Å². The van der Waals surface area contributed by atoms with Gasteiger partial charge in [-0.2, -0.15) is 0 Å². The van der Waals surface area contributed by atoms with Gasteiger partial charge in [0.2, 0.25) is 0 Å². The fourth-order valence-electron chi connectivity index (χ4n) is 4.81. The van der Waals surface area contributed by atoms with Crippen LogP contribution < -0.4 is 9.64 Å². The molecule has 5 rings (SSSR count). The molecule has 0 atom stereocenters. The Morgan fingerprint density at radius 1 is 1.08 bits per heavy atom. The number of fused-ring (bicyclic) bond motifs is 2. The quantitative estimate of drug-likeness (QED) is 0.229. The summed E-state index contributed by atoms with van der Waals surface area (Å²) in [6, 6.07) is 19.8. The molecule has 2 aromatic heterocycles. The molecule has 0 fully saturated rings. The van der Waals surface area contributed by atoms with Crippen molar-refractivity contribution in [2.75, 3.05) is 24.7 Å². The van der Waals surface area contributed by atoms with E-state index in [1.807, 2.05) is 78.4 Å². The van der Waals surface area contributed by atoms with Gasteiger partial charge >= 0.3 is 12.1 Å². The fraction of sp³-hybridized carbons (Fsp3) is 0.258. The van der Waals surface area contributed by atoms with Gasteiger partial charge in [-0.3, -0.25) is 4.90 Å². The molecule has 0 radical (unpaired) electrons. The third-order valence-electron chi connectivity index (χ3n) is 6.76. The van der Waals surface area contributed by atoms with Crippen molar-refractivity contribution in [3.05, 3.63) is 95.3 Å². The Balaban J connectivity index is 1.33. The maximum absolute atomic E-state index is 12.4. The number of carboxylic acid groups (broad SMARTS) is 1. The number of aryl methyl sites for hydroxylation is 2. The normalized spacial score (nSPS) is 13.3. The number of benzene rings is 2. The summed E-state index contributed by atoms with van der Waals surface area (Å²) in [6.07, 6.45) is 4.68. The molecule has 0 aliphatic carbocycles. The number of nitrogens with zero attached hydrogens (tertiary/aromatic N) is 3. The predicted octanol–water partition coefficient (Wildman–Crippen LogP) is 5.85. The van der Waals surface area contributed by atoms with Gasteiger partial charge in [-0.1, -0.05) is 35.9 Å². The minimum absolute atomic E-state index is 0.308. The smallest absolute Gasteiger partial charge is 0.413 e. The van der Waals surface area contributed by atoms with Gasteiger partial charge in [0.25, 0.3) is 0 Å². The summed E-state index contributed by atoms with van der Waals surface area (Å²) in [5, 5.41) is 10.5. The summed E-state index contributed by atoms with van der Waals surface area (Å²) in [7, 11) is 0. The zero-order valence-corrected chi connectivity index (χ0v) is 22.1. The number of esters is 1. The second-order valence-corrected chi connectivity index (χ2v) is 9.48. The van der Waals surface area contributed by atoms with E-state index in [1.54, 1.807) is 6.92 Å². The van der Waals surface area contributed by atoms with E-state index in [2.05, 4.69) is 4.98 Å². The van der Waals surface area contributed by atoms with E-state index >= 15 is 0 Å². The predicted molar refractivity (Wildman–Crippen MR) is 150 cm³/mol. The van der Waals surface area contributed by atoms with Gasteiger partial charge in [-0.25, -0.2) is 14.6 Å². The number of pyridine rings is 1. The number of hydrogen-bond donors (Lipinski definition) is 1. The maximum Gasteiger partial charge on any atom is 0.413 e. The second-order valence-electron chi connectivity index (χ2n) is 9.48. The lowest BCUT2D eigenvalue weighted by Crippen LogP contribution is -2.35. The lowest BCUT2D eigenvalue weighted by Gasteiger charge is -2.26. The molecule has 0 bridgehead atoms. The zero-order valence-electron chi connectivity index (χ0n) is 22.1. The highest BCUT2D eigenvalue weighted by Crippen LogP contribution is 2.29. The van der Waals surface area contributed by atoms with Gasteiger partial charge in [0.15, 0.2) is 0 Å². The minimum atomic E-state index is -0.972. The highest BCUT2D eigenvalue weighted by Gasteiger charge is 2.23. The first-order valence-electron chi connectivity index (χ1n) is 13.1. The molecule has 1 N–H and O–H groups in total. The highest BCUT2D eigenvalue weighted by atomic mass is 16.5. The van der Waals surface area contributed by atoms with Crippen LogP contribution in [0.2, 0.25) is 0 Å². The lowest BCUT2D eigenvalue weighted by atomic mass is 10.1. The van der Waals surface area contributed by atoms with E-state index in [0.29, 0.717) is 32.0 Å². The SMILES string of the molecule is CCOC(=O)/C=C(\c1ccc(C)cc1)n1ccc2cc(OCCc3ccc4c(n3)N(C(=O)O)CCC4)ccc21. The van der Waals surface area contributed by atoms with Crippen LogP contribution in [0.15, 0.2) is 72.9 Å². The number of rotatable bonds is 8. The zero-order chi connectivity index (χ0) is 27.4. The summed E-state index contributed by atoms with van der Waals surface area (Å²) < 4.78 is 13.2. The van der Waals surface area contributed by atoms with E-state index in [-0.39, 0.29) is 0 Å². The summed E-state index contributed by atoms with van der Waals surface area (Å²) >= 11 is 0. The van der Waals surface area contributed by atoms with Crippen molar-refractivity contribution in [3.63, 3.8) is 0 Å². The van der Waals surface area contributed by atoms with Gasteiger partial charge in [0.05, 0.1) is 24.4 Å². The molecule has 39 heavy (non-hydrogen) atoms. The van der Waals surface area contributed by atoms with Crippen LogP contribution in [0, 0.1) is 6.92 Å². The van der Waals surface area contributed by atoms with Crippen molar-refractivity contribution in [3.8, 4) is 5.75 Å². The first-order chi connectivity index (χ1) is 18.9.